The Hall–Kier alpha value is -0.160. The molecule has 3 heteroatoms. The number of aliphatic hydroxyl groups excluding tert-OH is 1. The van der Waals surface area contributed by atoms with Gasteiger partial charge in [0.25, 0.3) is 0 Å². The second-order valence-electron chi connectivity index (χ2n) is 2.54. The number of hydrogen-bond donors (Lipinski definition) is 1. The number of hydrogen-bond acceptors (Lipinski definition) is 2. The Bertz CT molecular complexity index is 260. The van der Waals surface area contributed by atoms with Crippen molar-refractivity contribution in [2.24, 2.45) is 0 Å². The fourth-order valence-electron chi connectivity index (χ4n) is 0.970. The molecule has 0 aliphatic rings. The van der Waals surface area contributed by atoms with Crippen LogP contribution in [0.25, 0.3) is 0 Å². The summed E-state index contributed by atoms with van der Waals surface area (Å²) in [6.07, 6.45) is 1.31. The minimum absolute atomic E-state index is 0.417. The molecule has 0 bridgehead atoms. The van der Waals surface area contributed by atoms with Crippen LogP contribution in [0, 0.1) is 10.6 Å². The molecule has 0 spiro atoms. The third kappa shape index (κ3) is 2.13. The number of aromatic nitrogens is 1. The summed E-state index contributed by atoms with van der Waals surface area (Å²) in [5.74, 6) is 0. The zero-order valence-corrected chi connectivity index (χ0v) is 8.66. The first-order chi connectivity index (χ1) is 5.11. The Morgan fingerprint density at radius 3 is 2.73 bits per heavy atom. The molecule has 0 fully saturated rings. The van der Waals surface area contributed by atoms with Crippen LogP contribution in [-0.2, 0) is 0 Å². The summed E-state index contributed by atoms with van der Waals surface area (Å²) in [6, 6.07) is 1.96. The van der Waals surface area contributed by atoms with Crippen LogP contribution < -0.4 is 0 Å². The Labute approximate surface area is 79.8 Å². The molecule has 60 valence electrons. The van der Waals surface area contributed by atoms with Gasteiger partial charge in [0.15, 0.2) is 0 Å². The Balaban J connectivity index is 3.09. The van der Waals surface area contributed by atoms with E-state index in [2.05, 4.69) is 27.6 Å². The highest BCUT2D eigenvalue weighted by Crippen LogP contribution is 2.16. The van der Waals surface area contributed by atoms with E-state index in [1.54, 1.807) is 13.1 Å². The summed E-state index contributed by atoms with van der Waals surface area (Å²) in [4.78, 5) is 4.09. The molecule has 0 saturated heterocycles. The second-order valence-corrected chi connectivity index (χ2v) is 3.64. The van der Waals surface area contributed by atoms with Crippen LogP contribution in [0.1, 0.15) is 24.2 Å². The summed E-state index contributed by atoms with van der Waals surface area (Å²) in [5.41, 5.74) is 2.00. The van der Waals surface area contributed by atoms with E-state index >= 15 is 0 Å². The second kappa shape index (κ2) is 3.49. The van der Waals surface area contributed by atoms with Crippen molar-refractivity contribution in [3.8, 4) is 0 Å². The monoisotopic (exact) mass is 263 g/mol. The van der Waals surface area contributed by atoms with Gasteiger partial charge in [-0.25, -0.2) is 4.98 Å². The molecule has 1 aromatic rings. The molecule has 1 rings (SSSR count). The molecule has 1 aromatic heterocycles. The van der Waals surface area contributed by atoms with E-state index in [-0.39, 0.29) is 0 Å². The SMILES string of the molecule is Cc1cc(I)ncc1C(C)O. The van der Waals surface area contributed by atoms with E-state index in [0.29, 0.717) is 0 Å². The first-order valence-corrected chi connectivity index (χ1v) is 4.49. The molecule has 1 unspecified atom stereocenters. The first-order valence-electron chi connectivity index (χ1n) is 3.41. The van der Waals surface area contributed by atoms with Gasteiger partial charge in [-0.3, -0.25) is 0 Å². The molecule has 0 amide bonds. The lowest BCUT2D eigenvalue weighted by Crippen LogP contribution is -1.96. The van der Waals surface area contributed by atoms with Crippen molar-refractivity contribution in [3.63, 3.8) is 0 Å². The molecule has 1 atom stereocenters. The zero-order valence-electron chi connectivity index (χ0n) is 6.50. The normalized spacial score (nSPS) is 13.1. The fourth-order valence-corrected chi connectivity index (χ4v) is 1.58. The summed E-state index contributed by atoms with van der Waals surface area (Å²) in [7, 11) is 0. The van der Waals surface area contributed by atoms with E-state index < -0.39 is 6.10 Å². The van der Waals surface area contributed by atoms with Gasteiger partial charge in [-0.1, -0.05) is 0 Å². The number of halogens is 1. The summed E-state index contributed by atoms with van der Waals surface area (Å²) >= 11 is 2.15. The number of aliphatic hydroxyl groups is 1. The van der Waals surface area contributed by atoms with Gasteiger partial charge in [-0.05, 0) is 48.1 Å². The van der Waals surface area contributed by atoms with Crippen molar-refractivity contribution < 1.29 is 5.11 Å². The maximum atomic E-state index is 9.25. The maximum Gasteiger partial charge on any atom is 0.101 e. The number of aryl methyl sites for hydroxylation is 1. The molecule has 1 heterocycles. The average molecular weight is 263 g/mol. The average Bonchev–Trinajstić information content (AvgIpc) is 1.85. The molecule has 2 nitrogen and oxygen atoms in total. The van der Waals surface area contributed by atoms with E-state index in [4.69, 9.17) is 0 Å². The quantitative estimate of drug-likeness (QED) is 0.621. The Morgan fingerprint density at radius 2 is 2.27 bits per heavy atom. The fraction of sp³-hybridized carbons (Fsp3) is 0.375. The molecule has 0 aliphatic heterocycles. The third-order valence-corrected chi connectivity index (χ3v) is 2.16. The highest BCUT2D eigenvalue weighted by molar-refractivity contribution is 14.1. The lowest BCUT2D eigenvalue weighted by Gasteiger charge is -2.07. The predicted octanol–water partition coefficient (Wildman–Crippen LogP) is 2.05. The topological polar surface area (TPSA) is 33.1 Å². The zero-order chi connectivity index (χ0) is 8.43. The van der Waals surface area contributed by atoms with Gasteiger partial charge >= 0.3 is 0 Å². The van der Waals surface area contributed by atoms with Crippen LogP contribution >= 0.6 is 22.6 Å². The number of nitrogens with zero attached hydrogens (tertiary/aromatic N) is 1. The summed E-state index contributed by atoms with van der Waals surface area (Å²) in [6.45, 7) is 3.72. The molecule has 0 radical (unpaired) electrons. The van der Waals surface area contributed by atoms with Crippen molar-refractivity contribution in [2.45, 2.75) is 20.0 Å². The van der Waals surface area contributed by atoms with Gasteiger partial charge in [-0.15, -0.1) is 0 Å². The van der Waals surface area contributed by atoms with Gasteiger partial charge in [0.1, 0.15) is 3.70 Å². The molecule has 11 heavy (non-hydrogen) atoms. The van der Waals surface area contributed by atoms with Gasteiger partial charge in [0.05, 0.1) is 6.10 Å². The van der Waals surface area contributed by atoms with E-state index in [1.807, 2.05) is 13.0 Å². The van der Waals surface area contributed by atoms with Crippen molar-refractivity contribution in [1.82, 2.24) is 4.98 Å². The number of rotatable bonds is 1. The number of pyridine rings is 1. The van der Waals surface area contributed by atoms with Crippen LogP contribution in [0.3, 0.4) is 0 Å². The van der Waals surface area contributed by atoms with Crippen molar-refractivity contribution in [1.29, 1.82) is 0 Å². The molecule has 0 aromatic carbocycles. The van der Waals surface area contributed by atoms with Crippen LogP contribution in [0.15, 0.2) is 12.3 Å². The minimum Gasteiger partial charge on any atom is -0.389 e. The minimum atomic E-state index is -0.417. The smallest absolute Gasteiger partial charge is 0.101 e. The molecular formula is C8H10INO. The Morgan fingerprint density at radius 1 is 1.64 bits per heavy atom. The van der Waals surface area contributed by atoms with Crippen molar-refractivity contribution in [2.75, 3.05) is 0 Å². The van der Waals surface area contributed by atoms with Crippen molar-refractivity contribution >= 4 is 22.6 Å². The summed E-state index contributed by atoms with van der Waals surface area (Å²) in [5, 5.41) is 9.25. The largest absolute Gasteiger partial charge is 0.389 e. The maximum absolute atomic E-state index is 9.25. The molecule has 0 saturated carbocycles. The lowest BCUT2D eigenvalue weighted by atomic mass is 10.1. The van der Waals surface area contributed by atoms with Crippen molar-refractivity contribution in [3.05, 3.63) is 27.1 Å². The van der Waals surface area contributed by atoms with Crippen LogP contribution in [0.4, 0.5) is 0 Å². The third-order valence-electron chi connectivity index (χ3n) is 1.57. The standard InChI is InChI=1S/C8H10INO/c1-5-3-8(9)10-4-7(5)6(2)11/h3-4,6,11H,1-2H3. The Kier molecular flexibility index (Phi) is 2.84. The predicted molar refractivity (Wildman–Crippen MR) is 52.3 cm³/mol. The highest BCUT2D eigenvalue weighted by Gasteiger charge is 2.04. The van der Waals surface area contributed by atoms with Crippen LogP contribution in [0.5, 0.6) is 0 Å². The lowest BCUT2D eigenvalue weighted by molar-refractivity contribution is 0.198. The van der Waals surface area contributed by atoms with Crippen LogP contribution in [-0.4, -0.2) is 10.1 Å². The molecule has 0 aliphatic carbocycles. The van der Waals surface area contributed by atoms with Crippen LogP contribution in [0.2, 0.25) is 0 Å². The van der Waals surface area contributed by atoms with E-state index in [0.717, 1.165) is 14.8 Å². The highest BCUT2D eigenvalue weighted by atomic mass is 127. The molecule has 1 N–H and O–H groups in total. The van der Waals surface area contributed by atoms with Gasteiger partial charge in [0, 0.05) is 11.8 Å². The first kappa shape index (κ1) is 8.93. The van der Waals surface area contributed by atoms with E-state index in [9.17, 15) is 5.11 Å². The van der Waals surface area contributed by atoms with E-state index in [1.165, 1.54) is 0 Å². The van der Waals surface area contributed by atoms with Gasteiger partial charge in [0.2, 0.25) is 0 Å². The molecular weight excluding hydrogens is 253 g/mol. The summed E-state index contributed by atoms with van der Waals surface area (Å²) < 4.78 is 0.963. The van der Waals surface area contributed by atoms with Gasteiger partial charge < -0.3 is 5.11 Å². The van der Waals surface area contributed by atoms with Gasteiger partial charge in [-0.2, -0.15) is 0 Å².